The molecule has 0 bridgehead atoms. The van der Waals surface area contributed by atoms with Gasteiger partial charge in [-0.25, -0.2) is 5.43 Å². The Hall–Kier alpha value is -2.41. The van der Waals surface area contributed by atoms with Crippen molar-refractivity contribution in [3.8, 4) is 5.75 Å². The largest absolute Gasteiger partial charge is 0.507 e. The van der Waals surface area contributed by atoms with E-state index < -0.39 is 5.91 Å². The molecule has 0 saturated heterocycles. The van der Waals surface area contributed by atoms with Crippen LogP contribution in [-0.4, -0.2) is 21.8 Å². The number of nitrogens with zero attached hydrogens (tertiary/aromatic N) is 2. The van der Waals surface area contributed by atoms with E-state index in [1.807, 2.05) is 0 Å². The fraction of sp³-hybridized carbons (Fsp3) is 0.0714. The maximum absolute atomic E-state index is 11.8. The van der Waals surface area contributed by atoms with Crippen molar-refractivity contribution in [1.82, 2.24) is 9.99 Å². The second-order valence-electron chi connectivity index (χ2n) is 4.27. The van der Waals surface area contributed by atoms with E-state index in [0.717, 1.165) is 4.47 Å². The van der Waals surface area contributed by atoms with Gasteiger partial charge in [0.1, 0.15) is 5.75 Å². The third-order valence-electron chi connectivity index (χ3n) is 2.71. The molecule has 0 fully saturated rings. The van der Waals surface area contributed by atoms with Gasteiger partial charge in [0.25, 0.3) is 5.91 Å². The molecule has 2 aromatic rings. The number of benzene rings is 1. The monoisotopic (exact) mass is 349 g/mol. The minimum atomic E-state index is -0.448. The van der Waals surface area contributed by atoms with Gasteiger partial charge in [-0.3, -0.25) is 9.59 Å². The summed E-state index contributed by atoms with van der Waals surface area (Å²) in [5.74, 6) is -0.394. The molecular formula is C14H12BrN3O3. The van der Waals surface area contributed by atoms with Crippen LogP contribution < -0.4 is 11.0 Å². The molecule has 0 radical (unpaired) electrons. The molecular weight excluding hydrogens is 338 g/mol. The quantitative estimate of drug-likeness (QED) is 0.652. The van der Waals surface area contributed by atoms with Gasteiger partial charge in [-0.05, 0) is 24.3 Å². The Kier molecular flexibility index (Phi) is 4.54. The zero-order valence-corrected chi connectivity index (χ0v) is 12.7. The van der Waals surface area contributed by atoms with Crippen molar-refractivity contribution in [1.29, 1.82) is 0 Å². The number of hydrogen-bond acceptors (Lipinski definition) is 4. The van der Waals surface area contributed by atoms with E-state index in [2.05, 4.69) is 26.5 Å². The van der Waals surface area contributed by atoms with Crippen LogP contribution in [0.1, 0.15) is 15.9 Å². The summed E-state index contributed by atoms with van der Waals surface area (Å²) in [5.41, 5.74) is 2.91. The lowest BCUT2D eigenvalue weighted by molar-refractivity contribution is 0.0954. The number of aryl methyl sites for hydroxylation is 1. The molecule has 21 heavy (non-hydrogen) atoms. The molecule has 2 rings (SSSR count). The number of aromatic hydroxyl groups is 1. The Morgan fingerprint density at radius 1 is 1.38 bits per heavy atom. The molecule has 0 atom stereocenters. The van der Waals surface area contributed by atoms with Crippen molar-refractivity contribution < 1.29 is 9.90 Å². The number of carbonyl (C=O) groups excluding carboxylic acids is 1. The standard InChI is InChI=1S/C14H12BrN3O3/c1-18-8-9(2-5-13(18)20)14(21)17-16-7-10-6-11(15)3-4-12(10)19/h2-8,19H,1H3,(H,17,21). The number of rotatable bonds is 3. The average Bonchev–Trinajstić information content (AvgIpc) is 2.45. The summed E-state index contributed by atoms with van der Waals surface area (Å²) in [7, 11) is 1.56. The van der Waals surface area contributed by atoms with Crippen molar-refractivity contribution in [2.45, 2.75) is 0 Å². The predicted octanol–water partition coefficient (Wildman–Crippen LogP) is 1.62. The molecule has 1 heterocycles. The number of hydrogen-bond donors (Lipinski definition) is 2. The normalized spacial score (nSPS) is 10.8. The summed E-state index contributed by atoms with van der Waals surface area (Å²) < 4.78 is 2.09. The van der Waals surface area contributed by atoms with Gasteiger partial charge >= 0.3 is 0 Å². The third kappa shape index (κ3) is 3.79. The SMILES string of the molecule is Cn1cc(C(=O)NN=Cc2cc(Br)ccc2O)ccc1=O. The first-order valence-corrected chi connectivity index (χ1v) is 6.75. The predicted molar refractivity (Wildman–Crippen MR) is 82.6 cm³/mol. The molecule has 6 nitrogen and oxygen atoms in total. The summed E-state index contributed by atoms with van der Waals surface area (Å²) in [6.45, 7) is 0. The molecule has 0 spiro atoms. The Morgan fingerprint density at radius 2 is 2.14 bits per heavy atom. The highest BCUT2D eigenvalue weighted by Crippen LogP contribution is 2.19. The number of carbonyl (C=O) groups is 1. The van der Waals surface area contributed by atoms with E-state index in [1.165, 1.54) is 35.2 Å². The highest BCUT2D eigenvalue weighted by atomic mass is 79.9. The molecule has 7 heteroatoms. The van der Waals surface area contributed by atoms with Gasteiger partial charge in [0, 0.05) is 29.3 Å². The fourth-order valence-electron chi connectivity index (χ4n) is 1.58. The minimum Gasteiger partial charge on any atom is -0.507 e. The van der Waals surface area contributed by atoms with E-state index in [1.54, 1.807) is 19.2 Å². The van der Waals surface area contributed by atoms with Crippen LogP contribution in [-0.2, 0) is 7.05 Å². The van der Waals surface area contributed by atoms with Gasteiger partial charge in [-0.15, -0.1) is 0 Å². The first-order valence-electron chi connectivity index (χ1n) is 5.96. The molecule has 0 unspecified atom stereocenters. The maximum Gasteiger partial charge on any atom is 0.272 e. The number of nitrogens with one attached hydrogen (secondary N) is 1. The van der Waals surface area contributed by atoms with Gasteiger partial charge in [-0.1, -0.05) is 15.9 Å². The summed E-state index contributed by atoms with van der Waals surface area (Å²) in [5, 5.41) is 13.4. The molecule has 0 saturated carbocycles. The number of pyridine rings is 1. The number of phenolic OH excluding ortho intramolecular Hbond substituents is 1. The van der Waals surface area contributed by atoms with E-state index in [9.17, 15) is 14.7 Å². The molecule has 0 aliphatic rings. The van der Waals surface area contributed by atoms with Crippen molar-refractivity contribution in [3.05, 3.63) is 62.5 Å². The molecule has 0 aliphatic carbocycles. The molecule has 108 valence electrons. The maximum atomic E-state index is 11.8. The fourth-order valence-corrected chi connectivity index (χ4v) is 1.96. The van der Waals surface area contributed by atoms with Crippen LogP contribution in [0, 0.1) is 0 Å². The van der Waals surface area contributed by atoms with Crippen LogP contribution in [0.25, 0.3) is 0 Å². The van der Waals surface area contributed by atoms with Crippen molar-refractivity contribution in [3.63, 3.8) is 0 Å². The van der Waals surface area contributed by atoms with Gasteiger partial charge < -0.3 is 9.67 Å². The molecule has 1 amide bonds. The van der Waals surface area contributed by atoms with Crippen LogP contribution in [0.4, 0.5) is 0 Å². The molecule has 0 aliphatic heterocycles. The lowest BCUT2D eigenvalue weighted by Crippen LogP contribution is -2.22. The zero-order chi connectivity index (χ0) is 15.4. The number of phenols is 1. The molecule has 2 N–H and O–H groups in total. The Bertz CT molecular complexity index is 768. The van der Waals surface area contributed by atoms with E-state index in [0.29, 0.717) is 11.1 Å². The lowest BCUT2D eigenvalue weighted by Gasteiger charge is -2.02. The minimum absolute atomic E-state index is 0.0540. The second-order valence-corrected chi connectivity index (χ2v) is 5.18. The number of amides is 1. The smallest absolute Gasteiger partial charge is 0.272 e. The van der Waals surface area contributed by atoms with Crippen molar-refractivity contribution in [2.75, 3.05) is 0 Å². The highest BCUT2D eigenvalue weighted by Gasteiger charge is 2.05. The molecule has 1 aromatic heterocycles. The first kappa shape index (κ1) is 15.0. The Balaban J connectivity index is 2.10. The summed E-state index contributed by atoms with van der Waals surface area (Å²) >= 11 is 3.28. The number of halogens is 1. The van der Waals surface area contributed by atoms with Crippen LogP contribution in [0.15, 0.2) is 50.9 Å². The lowest BCUT2D eigenvalue weighted by atomic mass is 10.2. The zero-order valence-electron chi connectivity index (χ0n) is 11.1. The number of hydrazone groups is 1. The van der Waals surface area contributed by atoms with E-state index >= 15 is 0 Å². The van der Waals surface area contributed by atoms with E-state index in [4.69, 9.17) is 0 Å². The Labute approximate surface area is 128 Å². The van der Waals surface area contributed by atoms with E-state index in [-0.39, 0.29) is 11.3 Å². The first-order chi connectivity index (χ1) is 9.97. The van der Waals surface area contributed by atoms with Crippen molar-refractivity contribution in [2.24, 2.45) is 12.1 Å². The second kappa shape index (κ2) is 6.36. The summed E-state index contributed by atoms with van der Waals surface area (Å²) in [6.07, 6.45) is 2.75. The average molecular weight is 350 g/mol. The van der Waals surface area contributed by atoms with Crippen LogP contribution in [0.2, 0.25) is 0 Å². The van der Waals surface area contributed by atoms with Crippen LogP contribution in [0.3, 0.4) is 0 Å². The number of aromatic nitrogens is 1. The summed E-state index contributed by atoms with van der Waals surface area (Å²) in [4.78, 5) is 23.1. The van der Waals surface area contributed by atoms with Gasteiger partial charge in [-0.2, -0.15) is 5.10 Å². The summed E-state index contributed by atoms with van der Waals surface area (Å²) in [6, 6.07) is 7.59. The highest BCUT2D eigenvalue weighted by molar-refractivity contribution is 9.10. The Morgan fingerprint density at radius 3 is 2.86 bits per heavy atom. The van der Waals surface area contributed by atoms with Gasteiger partial charge in [0.2, 0.25) is 5.56 Å². The molecule has 1 aromatic carbocycles. The third-order valence-corrected chi connectivity index (χ3v) is 3.20. The van der Waals surface area contributed by atoms with Gasteiger partial charge in [0.15, 0.2) is 0 Å². The van der Waals surface area contributed by atoms with Gasteiger partial charge in [0.05, 0.1) is 11.8 Å². The van der Waals surface area contributed by atoms with Crippen LogP contribution >= 0.6 is 15.9 Å². The topological polar surface area (TPSA) is 83.7 Å². The van der Waals surface area contributed by atoms with Crippen LogP contribution in [0.5, 0.6) is 5.75 Å². The van der Waals surface area contributed by atoms with Crippen molar-refractivity contribution >= 4 is 28.1 Å².